The number of hydrogen-bond acceptors (Lipinski definition) is 5. The number of carbonyl (C=O) groups excluding carboxylic acids is 1. The molecule has 8 heteroatoms. The number of sulfonamides is 1. The van der Waals surface area contributed by atoms with Gasteiger partial charge in [0, 0.05) is 31.6 Å². The summed E-state index contributed by atoms with van der Waals surface area (Å²) < 4.78 is 32.1. The summed E-state index contributed by atoms with van der Waals surface area (Å²) >= 11 is 0. The maximum absolute atomic E-state index is 12.5. The van der Waals surface area contributed by atoms with Gasteiger partial charge in [-0.25, -0.2) is 13.4 Å². The molecule has 0 fully saturated rings. The Bertz CT molecular complexity index is 1120. The molecular formula is C22H27N3O4S. The maximum Gasteiger partial charge on any atom is 0.243 e. The van der Waals surface area contributed by atoms with Crippen molar-refractivity contribution in [2.75, 3.05) is 18.4 Å². The van der Waals surface area contributed by atoms with Crippen LogP contribution in [-0.2, 0) is 27.7 Å². The molecule has 1 heterocycles. The molecule has 0 aliphatic carbocycles. The Hall–Kier alpha value is -2.71. The van der Waals surface area contributed by atoms with Crippen LogP contribution in [0.3, 0.4) is 0 Å². The zero-order valence-electron chi connectivity index (χ0n) is 17.5. The largest absolute Gasteiger partial charge is 0.441 e. The van der Waals surface area contributed by atoms with Gasteiger partial charge < -0.3 is 9.73 Å². The Morgan fingerprint density at radius 2 is 1.77 bits per heavy atom. The molecule has 1 N–H and O–H groups in total. The highest BCUT2D eigenvalue weighted by molar-refractivity contribution is 7.89. The van der Waals surface area contributed by atoms with Crippen LogP contribution in [0.5, 0.6) is 0 Å². The lowest BCUT2D eigenvalue weighted by atomic mass is 10.1. The van der Waals surface area contributed by atoms with Gasteiger partial charge in [0.15, 0.2) is 11.5 Å². The second-order valence-electron chi connectivity index (χ2n) is 6.93. The Morgan fingerprint density at radius 1 is 1.07 bits per heavy atom. The topological polar surface area (TPSA) is 92.5 Å². The number of carbonyl (C=O) groups is 1. The molecule has 1 aromatic heterocycles. The van der Waals surface area contributed by atoms with Gasteiger partial charge in [-0.1, -0.05) is 32.9 Å². The molecule has 0 saturated heterocycles. The molecule has 0 spiro atoms. The van der Waals surface area contributed by atoms with Gasteiger partial charge in [-0.05, 0) is 42.3 Å². The van der Waals surface area contributed by atoms with E-state index in [4.69, 9.17) is 4.42 Å². The van der Waals surface area contributed by atoms with Crippen LogP contribution >= 0.6 is 0 Å². The van der Waals surface area contributed by atoms with E-state index in [1.54, 1.807) is 42.5 Å². The number of benzene rings is 2. The van der Waals surface area contributed by atoms with E-state index in [0.717, 1.165) is 11.1 Å². The van der Waals surface area contributed by atoms with Gasteiger partial charge >= 0.3 is 0 Å². The predicted octanol–water partition coefficient (Wildman–Crippen LogP) is 3.99. The van der Waals surface area contributed by atoms with E-state index in [2.05, 4.69) is 10.3 Å². The summed E-state index contributed by atoms with van der Waals surface area (Å²) in [5, 5.41) is 2.87. The van der Waals surface area contributed by atoms with E-state index in [1.165, 1.54) is 4.31 Å². The van der Waals surface area contributed by atoms with Gasteiger partial charge in [-0.3, -0.25) is 4.79 Å². The van der Waals surface area contributed by atoms with Gasteiger partial charge in [0.1, 0.15) is 5.52 Å². The summed E-state index contributed by atoms with van der Waals surface area (Å²) in [6.07, 6.45) is 1.52. The minimum absolute atomic E-state index is 0.117. The lowest BCUT2D eigenvalue weighted by molar-refractivity contribution is -0.116. The Kier molecular flexibility index (Phi) is 6.89. The fourth-order valence-electron chi connectivity index (χ4n) is 3.23. The first-order valence-electron chi connectivity index (χ1n) is 10.2. The van der Waals surface area contributed by atoms with Crippen LogP contribution in [-0.4, -0.2) is 36.7 Å². The van der Waals surface area contributed by atoms with E-state index < -0.39 is 10.0 Å². The molecule has 3 aromatic rings. The number of anilines is 1. The minimum atomic E-state index is -3.47. The second-order valence-corrected chi connectivity index (χ2v) is 8.86. The van der Waals surface area contributed by atoms with Crippen LogP contribution in [0.25, 0.3) is 11.1 Å². The fraction of sp³-hybridized carbons (Fsp3) is 0.364. The van der Waals surface area contributed by atoms with Crippen molar-refractivity contribution in [1.29, 1.82) is 0 Å². The van der Waals surface area contributed by atoms with Gasteiger partial charge in [0.05, 0.1) is 4.90 Å². The van der Waals surface area contributed by atoms with E-state index in [-0.39, 0.29) is 10.8 Å². The third kappa shape index (κ3) is 4.88. The van der Waals surface area contributed by atoms with Crippen molar-refractivity contribution in [2.24, 2.45) is 0 Å². The Labute approximate surface area is 177 Å². The van der Waals surface area contributed by atoms with Gasteiger partial charge in [0.2, 0.25) is 15.9 Å². The molecule has 0 bridgehead atoms. The molecule has 0 unspecified atom stereocenters. The predicted molar refractivity (Wildman–Crippen MR) is 117 cm³/mol. The lowest BCUT2D eigenvalue weighted by Crippen LogP contribution is -2.30. The summed E-state index contributed by atoms with van der Waals surface area (Å²) in [5.74, 6) is 0.549. The summed E-state index contributed by atoms with van der Waals surface area (Å²) in [4.78, 5) is 17.0. The second kappa shape index (κ2) is 9.40. The van der Waals surface area contributed by atoms with Crippen molar-refractivity contribution in [3.63, 3.8) is 0 Å². The van der Waals surface area contributed by atoms with Crippen LogP contribution in [0.1, 0.15) is 38.6 Å². The lowest BCUT2D eigenvalue weighted by Gasteiger charge is -2.18. The van der Waals surface area contributed by atoms with Gasteiger partial charge in [-0.15, -0.1) is 0 Å². The normalized spacial score (nSPS) is 11.9. The molecule has 0 atom stereocenters. The third-order valence-corrected chi connectivity index (χ3v) is 6.99. The molecule has 0 saturated carbocycles. The fourth-order valence-corrected chi connectivity index (χ4v) is 4.68. The average Bonchev–Trinajstić information content (AvgIpc) is 3.16. The third-order valence-electron chi connectivity index (χ3n) is 4.93. The summed E-state index contributed by atoms with van der Waals surface area (Å²) in [7, 11) is -3.47. The molecule has 160 valence electrons. The first-order chi connectivity index (χ1) is 14.4. The highest BCUT2D eigenvalue weighted by Gasteiger charge is 2.21. The number of amides is 1. The van der Waals surface area contributed by atoms with E-state index >= 15 is 0 Å². The Balaban J connectivity index is 1.59. The highest BCUT2D eigenvalue weighted by atomic mass is 32.2. The smallest absolute Gasteiger partial charge is 0.243 e. The molecule has 0 aliphatic heterocycles. The van der Waals surface area contributed by atoms with Crippen molar-refractivity contribution in [1.82, 2.24) is 9.29 Å². The van der Waals surface area contributed by atoms with Gasteiger partial charge in [-0.2, -0.15) is 4.31 Å². The average molecular weight is 430 g/mol. The first-order valence-corrected chi connectivity index (χ1v) is 11.6. The number of nitrogens with zero attached hydrogens (tertiary/aromatic N) is 2. The molecule has 7 nitrogen and oxygen atoms in total. The van der Waals surface area contributed by atoms with Crippen LogP contribution in [0, 0.1) is 0 Å². The van der Waals surface area contributed by atoms with Gasteiger partial charge in [0.25, 0.3) is 0 Å². The summed E-state index contributed by atoms with van der Waals surface area (Å²) in [6, 6.07) is 12.1. The number of fused-ring (bicyclic) bond motifs is 1. The summed E-state index contributed by atoms with van der Waals surface area (Å²) in [6.45, 7) is 6.47. The van der Waals surface area contributed by atoms with Crippen LogP contribution in [0.2, 0.25) is 0 Å². The number of nitrogens with one attached hydrogen (secondary N) is 1. The monoisotopic (exact) mass is 429 g/mol. The maximum atomic E-state index is 12.5. The SMILES string of the molecule is CCc1nc2cc(NC(=O)CCc3ccc(S(=O)(=O)N(CC)CC)cc3)ccc2o1. The standard InChI is InChI=1S/C22H27N3O4S/c1-4-22-24-19-15-17(10-13-20(19)29-22)23-21(26)14-9-16-7-11-18(12-8-16)30(27,28)25(5-2)6-3/h7-8,10-13,15H,4-6,9,14H2,1-3H3,(H,23,26). The number of oxazole rings is 1. The van der Waals surface area contributed by atoms with Crippen molar-refractivity contribution in [2.45, 2.75) is 44.9 Å². The Morgan fingerprint density at radius 3 is 2.40 bits per heavy atom. The molecule has 0 aliphatic rings. The molecule has 1 amide bonds. The van der Waals surface area contributed by atoms with Crippen molar-refractivity contribution < 1.29 is 17.6 Å². The number of aryl methyl sites for hydroxylation is 2. The highest BCUT2D eigenvalue weighted by Crippen LogP contribution is 2.21. The number of rotatable bonds is 9. The van der Waals surface area contributed by atoms with Crippen LogP contribution < -0.4 is 5.32 Å². The first kappa shape index (κ1) is 22.0. The molecular weight excluding hydrogens is 402 g/mol. The molecule has 0 radical (unpaired) electrons. The number of aromatic nitrogens is 1. The van der Waals surface area contributed by atoms with E-state index in [9.17, 15) is 13.2 Å². The molecule has 3 rings (SSSR count). The van der Waals surface area contributed by atoms with E-state index in [0.29, 0.717) is 49.5 Å². The van der Waals surface area contributed by atoms with Crippen molar-refractivity contribution in [3.05, 3.63) is 53.9 Å². The quantitative estimate of drug-likeness (QED) is 0.555. The zero-order chi connectivity index (χ0) is 21.7. The molecule has 2 aromatic carbocycles. The summed E-state index contributed by atoms with van der Waals surface area (Å²) in [5.41, 5.74) is 2.99. The number of hydrogen-bond donors (Lipinski definition) is 1. The van der Waals surface area contributed by atoms with E-state index in [1.807, 2.05) is 20.8 Å². The zero-order valence-corrected chi connectivity index (χ0v) is 18.3. The van der Waals surface area contributed by atoms with Crippen molar-refractivity contribution in [3.8, 4) is 0 Å². The van der Waals surface area contributed by atoms with Crippen LogP contribution in [0.4, 0.5) is 5.69 Å². The minimum Gasteiger partial charge on any atom is -0.441 e. The molecule has 30 heavy (non-hydrogen) atoms. The van der Waals surface area contributed by atoms with Crippen LogP contribution in [0.15, 0.2) is 51.8 Å². The van der Waals surface area contributed by atoms with Crippen molar-refractivity contribution >= 4 is 32.7 Å².